The van der Waals surface area contributed by atoms with Crippen molar-refractivity contribution in [1.82, 2.24) is 5.32 Å². The van der Waals surface area contributed by atoms with Crippen molar-refractivity contribution in [1.29, 1.82) is 5.26 Å². The Hall–Kier alpha value is -3.46. The average Bonchev–Trinajstić information content (AvgIpc) is 2.66. The summed E-state index contributed by atoms with van der Waals surface area (Å²) in [5.74, 6) is -0.618. The van der Waals surface area contributed by atoms with Gasteiger partial charge >= 0.3 is 0 Å². The fourth-order valence-corrected chi connectivity index (χ4v) is 2.38. The van der Waals surface area contributed by atoms with E-state index in [1.165, 1.54) is 0 Å². The van der Waals surface area contributed by atoms with Crippen LogP contribution in [-0.4, -0.2) is 17.6 Å². The minimum Gasteiger partial charge on any atom is -0.351 e. The van der Waals surface area contributed by atoms with E-state index in [0.29, 0.717) is 17.8 Å². The molecule has 138 valence electrons. The molecule has 0 fully saturated rings. The van der Waals surface area contributed by atoms with Crippen LogP contribution in [0.15, 0.2) is 48.5 Å². The number of carbonyl (C=O) groups excluding carboxylic acids is 3. The fourth-order valence-electron chi connectivity index (χ4n) is 2.38. The smallest absolute Gasteiger partial charge is 0.234 e. The molecule has 0 unspecified atom stereocenters. The number of nitrogens with zero attached hydrogens (tertiary/aromatic N) is 1. The van der Waals surface area contributed by atoms with Crippen molar-refractivity contribution in [2.24, 2.45) is 0 Å². The quantitative estimate of drug-likeness (QED) is 0.704. The van der Waals surface area contributed by atoms with E-state index < -0.39 is 0 Å². The zero-order chi connectivity index (χ0) is 19.6. The topological polar surface area (TPSA) is 99.1 Å². The molecule has 0 heterocycles. The van der Waals surface area contributed by atoms with E-state index in [2.05, 4.69) is 10.6 Å². The third-order valence-electron chi connectivity index (χ3n) is 3.92. The standard InChI is InChI=1S/C21H21N3O3/c1-15-2-6-17(7-3-15)19(25)10-11-21(27)24-18-8-4-16(5-9-18)14-23-20(26)12-13-22/h2-9H,10-12,14H2,1H3,(H,23,26)(H,24,27). The first-order chi connectivity index (χ1) is 13.0. The summed E-state index contributed by atoms with van der Waals surface area (Å²) in [6, 6.07) is 16.1. The highest BCUT2D eigenvalue weighted by atomic mass is 16.2. The Labute approximate surface area is 158 Å². The van der Waals surface area contributed by atoms with Gasteiger partial charge < -0.3 is 10.6 Å². The number of hydrogen-bond acceptors (Lipinski definition) is 4. The maximum atomic E-state index is 12.1. The molecule has 6 heteroatoms. The van der Waals surface area contributed by atoms with Crippen LogP contribution in [0.5, 0.6) is 0 Å². The van der Waals surface area contributed by atoms with Crippen molar-refractivity contribution in [3.05, 3.63) is 65.2 Å². The summed E-state index contributed by atoms with van der Waals surface area (Å²) in [6.45, 7) is 2.27. The lowest BCUT2D eigenvalue weighted by Gasteiger charge is -2.07. The zero-order valence-corrected chi connectivity index (χ0v) is 15.1. The van der Waals surface area contributed by atoms with Crippen molar-refractivity contribution in [3.63, 3.8) is 0 Å². The number of aryl methyl sites for hydroxylation is 1. The summed E-state index contributed by atoms with van der Waals surface area (Å²) < 4.78 is 0. The van der Waals surface area contributed by atoms with Gasteiger partial charge in [-0.15, -0.1) is 0 Å². The number of amides is 2. The van der Waals surface area contributed by atoms with E-state index in [4.69, 9.17) is 5.26 Å². The normalized spacial score (nSPS) is 9.93. The minimum atomic E-state index is -0.326. The van der Waals surface area contributed by atoms with Crippen LogP contribution < -0.4 is 10.6 Å². The first-order valence-corrected chi connectivity index (χ1v) is 8.60. The second-order valence-corrected chi connectivity index (χ2v) is 6.15. The molecule has 0 aromatic heterocycles. The third kappa shape index (κ3) is 6.75. The van der Waals surface area contributed by atoms with E-state index in [1.54, 1.807) is 42.5 Å². The zero-order valence-electron chi connectivity index (χ0n) is 15.1. The number of nitriles is 1. The third-order valence-corrected chi connectivity index (χ3v) is 3.92. The Morgan fingerprint density at radius 3 is 2.22 bits per heavy atom. The number of Topliss-reactive ketones (excluding diaryl/α,β-unsaturated/α-hetero) is 1. The summed E-state index contributed by atoms with van der Waals surface area (Å²) in [5, 5.41) is 13.8. The number of hydrogen-bond donors (Lipinski definition) is 2. The first-order valence-electron chi connectivity index (χ1n) is 8.60. The number of nitrogens with one attached hydrogen (secondary N) is 2. The summed E-state index contributed by atoms with van der Waals surface area (Å²) >= 11 is 0. The monoisotopic (exact) mass is 363 g/mol. The SMILES string of the molecule is Cc1ccc(C(=O)CCC(=O)Nc2ccc(CNC(=O)CC#N)cc2)cc1. The van der Waals surface area contributed by atoms with Crippen LogP contribution in [0.2, 0.25) is 0 Å². The number of ketones is 1. The highest BCUT2D eigenvalue weighted by molar-refractivity contribution is 6.00. The van der Waals surface area contributed by atoms with Gasteiger partial charge in [-0.2, -0.15) is 5.26 Å². The van der Waals surface area contributed by atoms with Gasteiger partial charge in [0.1, 0.15) is 6.42 Å². The number of rotatable bonds is 8. The molecule has 2 N–H and O–H groups in total. The fraction of sp³-hybridized carbons (Fsp3) is 0.238. The van der Waals surface area contributed by atoms with Crippen molar-refractivity contribution in [2.75, 3.05) is 5.32 Å². The second-order valence-electron chi connectivity index (χ2n) is 6.15. The van der Waals surface area contributed by atoms with Gasteiger partial charge in [-0.1, -0.05) is 42.0 Å². The van der Waals surface area contributed by atoms with Gasteiger partial charge in [-0.3, -0.25) is 14.4 Å². The van der Waals surface area contributed by atoms with Gasteiger partial charge in [0.2, 0.25) is 11.8 Å². The summed E-state index contributed by atoms with van der Waals surface area (Å²) in [7, 11) is 0. The first kappa shape index (κ1) is 19.9. The Morgan fingerprint density at radius 1 is 0.926 bits per heavy atom. The Kier molecular flexibility index (Phi) is 7.26. The van der Waals surface area contributed by atoms with Crippen LogP contribution in [-0.2, 0) is 16.1 Å². The lowest BCUT2D eigenvalue weighted by molar-refractivity contribution is -0.120. The van der Waals surface area contributed by atoms with E-state index >= 15 is 0 Å². The van der Waals surface area contributed by atoms with Gasteiger partial charge in [0.15, 0.2) is 5.78 Å². The largest absolute Gasteiger partial charge is 0.351 e. The molecule has 0 spiro atoms. The Morgan fingerprint density at radius 2 is 1.59 bits per heavy atom. The molecule has 6 nitrogen and oxygen atoms in total. The summed E-state index contributed by atoms with van der Waals surface area (Å²) in [4.78, 5) is 35.4. The van der Waals surface area contributed by atoms with Gasteiger partial charge in [0.25, 0.3) is 0 Å². The van der Waals surface area contributed by atoms with Crippen molar-refractivity contribution < 1.29 is 14.4 Å². The highest BCUT2D eigenvalue weighted by Crippen LogP contribution is 2.12. The van der Waals surface area contributed by atoms with Crippen LogP contribution >= 0.6 is 0 Å². The van der Waals surface area contributed by atoms with E-state index in [1.807, 2.05) is 19.1 Å². The van der Waals surface area contributed by atoms with E-state index in [9.17, 15) is 14.4 Å². The molecule has 27 heavy (non-hydrogen) atoms. The highest BCUT2D eigenvalue weighted by Gasteiger charge is 2.09. The van der Waals surface area contributed by atoms with Crippen LogP contribution in [0.25, 0.3) is 0 Å². The summed E-state index contributed by atoms with van der Waals surface area (Å²) in [5.41, 5.74) is 3.16. The predicted molar refractivity (Wildman–Crippen MR) is 102 cm³/mol. The van der Waals surface area contributed by atoms with Crippen molar-refractivity contribution in [3.8, 4) is 6.07 Å². The average molecular weight is 363 g/mol. The maximum absolute atomic E-state index is 12.1. The molecule has 0 bridgehead atoms. The van der Waals surface area contributed by atoms with Crippen LogP contribution in [0, 0.1) is 18.3 Å². The maximum Gasteiger partial charge on any atom is 0.234 e. The molecule has 0 saturated carbocycles. The predicted octanol–water partition coefficient (Wildman–Crippen LogP) is 3.13. The molecule has 0 aliphatic heterocycles. The number of carbonyl (C=O) groups is 3. The van der Waals surface area contributed by atoms with Crippen molar-refractivity contribution in [2.45, 2.75) is 32.7 Å². The molecular weight excluding hydrogens is 342 g/mol. The molecule has 2 aromatic rings. The van der Waals surface area contributed by atoms with Gasteiger partial charge in [0.05, 0.1) is 6.07 Å². The molecule has 0 aliphatic carbocycles. The van der Waals surface area contributed by atoms with Crippen LogP contribution in [0.3, 0.4) is 0 Å². The van der Waals surface area contributed by atoms with E-state index in [0.717, 1.165) is 11.1 Å². The minimum absolute atomic E-state index is 0.0615. The Bertz CT molecular complexity index is 850. The van der Waals surface area contributed by atoms with Crippen LogP contribution in [0.4, 0.5) is 5.69 Å². The number of benzene rings is 2. The molecule has 0 atom stereocenters. The van der Waals surface area contributed by atoms with Crippen LogP contribution in [0.1, 0.15) is 40.7 Å². The van der Waals surface area contributed by atoms with Gasteiger partial charge in [-0.25, -0.2) is 0 Å². The second kappa shape index (κ2) is 9.88. The molecule has 2 amide bonds. The molecule has 0 saturated heterocycles. The van der Waals surface area contributed by atoms with E-state index in [-0.39, 0.29) is 36.9 Å². The molecule has 0 aliphatic rings. The van der Waals surface area contributed by atoms with Gasteiger partial charge in [-0.05, 0) is 24.6 Å². The molecule has 0 radical (unpaired) electrons. The van der Waals surface area contributed by atoms with Gasteiger partial charge in [0, 0.05) is 30.6 Å². The van der Waals surface area contributed by atoms with Crippen molar-refractivity contribution >= 4 is 23.3 Å². The lowest BCUT2D eigenvalue weighted by Crippen LogP contribution is -2.21. The molecule has 2 rings (SSSR count). The summed E-state index contributed by atoms with van der Waals surface area (Å²) in [6.07, 6.45) is 0.0893. The Balaban J connectivity index is 1.78. The number of anilines is 1. The molecule has 2 aromatic carbocycles. The molecular formula is C21H21N3O3. The lowest BCUT2D eigenvalue weighted by atomic mass is 10.0.